The van der Waals surface area contributed by atoms with Crippen molar-refractivity contribution in [1.29, 1.82) is 0 Å². The fourth-order valence-corrected chi connectivity index (χ4v) is 4.37. The lowest BCUT2D eigenvalue weighted by molar-refractivity contribution is 0.102. The molecule has 29 heavy (non-hydrogen) atoms. The third kappa shape index (κ3) is 5.16. The SMILES string of the molecule is CCc1ccc(NC(=O)c2ccc(Cl)c(S(=O)(=O)Nc3cccc(C)c3)c2)cc1. The van der Waals surface area contributed by atoms with Crippen LogP contribution in [-0.2, 0) is 16.4 Å². The normalized spacial score (nSPS) is 11.1. The highest BCUT2D eigenvalue weighted by Gasteiger charge is 2.20. The van der Waals surface area contributed by atoms with Crippen molar-refractivity contribution in [2.75, 3.05) is 10.0 Å². The Bertz CT molecular complexity index is 1140. The van der Waals surface area contributed by atoms with Crippen LogP contribution in [0.3, 0.4) is 0 Å². The average Bonchev–Trinajstić information content (AvgIpc) is 2.68. The number of benzene rings is 3. The van der Waals surface area contributed by atoms with Gasteiger partial charge >= 0.3 is 0 Å². The molecule has 0 aromatic heterocycles. The zero-order valence-corrected chi connectivity index (χ0v) is 17.6. The third-order valence-electron chi connectivity index (χ3n) is 4.37. The summed E-state index contributed by atoms with van der Waals surface area (Å²) in [7, 11) is -3.96. The van der Waals surface area contributed by atoms with Gasteiger partial charge in [-0.15, -0.1) is 0 Å². The lowest BCUT2D eigenvalue weighted by atomic mass is 10.1. The van der Waals surface area contributed by atoms with Crippen molar-refractivity contribution >= 4 is 38.9 Å². The molecule has 5 nitrogen and oxygen atoms in total. The Kier molecular flexibility index (Phi) is 6.25. The number of carbonyl (C=O) groups excluding carboxylic acids is 1. The van der Waals surface area contributed by atoms with E-state index in [9.17, 15) is 13.2 Å². The molecule has 0 saturated carbocycles. The van der Waals surface area contributed by atoms with Gasteiger partial charge in [0.1, 0.15) is 4.90 Å². The Morgan fingerprint density at radius 3 is 2.34 bits per heavy atom. The van der Waals surface area contributed by atoms with E-state index in [-0.39, 0.29) is 15.5 Å². The van der Waals surface area contributed by atoms with E-state index >= 15 is 0 Å². The lowest BCUT2D eigenvalue weighted by Gasteiger charge is -2.12. The molecule has 0 unspecified atom stereocenters. The second-order valence-electron chi connectivity index (χ2n) is 6.62. The highest BCUT2D eigenvalue weighted by atomic mass is 35.5. The number of halogens is 1. The van der Waals surface area contributed by atoms with Gasteiger partial charge in [-0.1, -0.05) is 42.8 Å². The number of nitrogens with one attached hydrogen (secondary N) is 2. The van der Waals surface area contributed by atoms with Crippen molar-refractivity contribution in [2.24, 2.45) is 0 Å². The molecule has 0 heterocycles. The van der Waals surface area contributed by atoms with Gasteiger partial charge in [0.25, 0.3) is 15.9 Å². The van der Waals surface area contributed by atoms with Crippen LogP contribution in [0.1, 0.15) is 28.4 Å². The summed E-state index contributed by atoms with van der Waals surface area (Å²) in [5, 5.41) is 2.80. The molecule has 0 aliphatic heterocycles. The van der Waals surface area contributed by atoms with E-state index in [0.717, 1.165) is 17.5 Å². The summed E-state index contributed by atoms with van der Waals surface area (Å²) < 4.78 is 28.1. The van der Waals surface area contributed by atoms with Crippen LogP contribution in [0.2, 0.25) is 5.02 Å². The summed E-state index contributed by atoms with van der Waals surface area (Å²) in [6.07, 6.45) is 0.903. The first-order chi connectivity index (χ1) is 13.8. The van der Waals surface area contributed by atoms with E-state index in [0.29, 0.717) is 11.4 Å². The van der Waals surface area contributed by atoms with Crippen LogP contribution in [0.15, 0.2) is 71.6 Å². The van der Waals surface area contributed by atoms with Crippen LogP contribution in [-0.4, -0.2) is 14.3 Å². The predicted molar refractivity (Wildman–Crippen MR) is 117 cm³/mol. The number of rotatable bonds is 6. The van der Waals surface area contributed by atoms with Crippen molar-refractivity contribution in [1.82, 2.24) is 0 Å². The maximum absolute atomic E-state index is 12.8. The average molecular weight is 429 g/mol. The van der Waals surface area contributed by atoms with E-state index < -0.39 is 15.9 Å². The Morgan fingerprint density at radius 2 is 1.69 bits per heavy atom. The molecule has 0 aliphatic rings. The van der Waals surface area contributed by atoms with Crippen molar-refractivity contribution in [3.8, 4) is 0 Å². The molecule has 0 bridgehead atoms. The number of amides is 1. The van der Waals surface area contributed by atoms with Crippen molar-refractivity contribution in [3.63, 3.8) is 0 Å². The monoisotopic (exact) mass is 428 g/mol. The fourth-order valence-electron chi connectivity index (χ4n) is 2.80. The lowest BCUT2D eigenvalue weighted by Crippen LogP contribution is -2.16. The molecule has 0 spiro atoms. The quantitative estimate of drug-likeness (QED) is 0.562. The van der Waals surface area contributed by atoms with Gasteiger partial charge in [0.2, 0.25) is 0 Å². The van der Waals surface area contributed by atoms with Gasteiger partial charge in [-0.25, -0.2) is 8.42 Å². The standard InChI is InChI=1S/C22H21ClN2O3S/c1-3-16-7-10-18(11-8-16)24-22(26)17-9-12-20(23)21(14-17)29(27,28)25-19-6-4-5-15(2)13-19/h4-14,25H,3H2,1-2H3,(H,24,26). The Hall–Kier alpha value is -2.83. The minimum absolute atomic E-state index is 0.0361. The van der Waals surface area contributed by atoms with Crippen LogP contribution < -0.4 is 10.0 Å². The second kappa shape index (κ2) is 8.68. The highest BCUT2D eigenvalue weighted by Crippen LogP contribution is 2.26. The summed E-state index contributed by atoms with van der Waals surface area (Å²) in [6, 6.07) is 18.6. The first-order valence-electron chi connectivity index (χ1n) is 9.08. The molecular formula is C22H21ClN2O3S. The van der Waals surface area contributed by atoms with Crippen LogP contribution in [0.25, 0.3) is 0 Å². The van der Waals surface area contributed by atoms with Crippen molar-refractivity contribution in [2.45, 2.75) is 25.2 Å². The third-order valence-corrected chi connectivity index (χ3v) is 6.24. The number of carbonyl (C=O) groups is 1. The first-order valence-corrected chi connectivity index (χ1v) is 10.9. The summed E-state index contributed by atoms with van der Waals surface area (Å²) >= 11 is 6.13. The molecule has 3 aromatic carbocycles. The topological polar surface area (TPSA) is 75.3 Å². The number of anilines is 2. The molecule has 3 rings (SSSR count). The van der Waals surface area contributed by atoms with Crippen molar-refractivity contribution < 1.29 is 13.2 Å². The van der Waals surface area contributed by atoms with Gasteiger partial charge in [0.15, 0.2) is 0 Å². The molecular weight excluding hydrogens is 408 g/mol. The maximum Gasteiger partial charge on any atom is 0.263 e. The van der Waals surface area contributed by atoms with E-state index in [2.05, 4.69) is 10.0 Å². The van der Waals surface area contributed by atoms with Gasteiger partial charge in [-0.05, 0) is 66.9 Å². The molecule has 0 radical (unpaired) electrons. The van der Waals surface area contributed by atoms with Gasteiger partial charge < -0.3 is 5.32 Å². The minimum atomic E-state index is -3.96. The van der Waals surface area contributed by atoms with Crippen LogP contribution in [0.5, 0.6) is 0 Å². The van der Waals surface area contributed by atoms with Crippen molar-refractivity contribution in [3.05, 3.63) is 88.4 Å². The summed E-state index contributed by atoms with van der Waals surface area (Å²) in [5.74, 6) is -0.419. The fraction of sp³-hybridized carbons (Fsp3) is 0.136. The second-order valence-corrected chi connectivity index (χ2v) is 8.68. The van der Waals surface area contributed by atoms with E-state index in [4.69, 9.17) is 11.6 Å². The van der Waals surface area contributed by atoms with Gasteiger partial charge in [0, 0.05) is 16.9 Å². The Balaban J connectivity index is 1.85. The molecule has 0 fully saturated rings. The molecule has 7 heteroatoms. The summed E-state index contributed by atoms with van der Waals surface area (Å²) in [4.78, 5) is 12.4. The number of hydrogen-bond donors (Lipinski definition) is 2. The predicted octanol–water partition coefficient (Wildman–Crippen LogP) is 5.26. The van der Waals surface area contributed by atoms with E-state index in [1.165, 1.54) is 18.2 Å². The van der Waals surface area contributed by atoms with Gasteiger partial charge in [-0.2, -0.15) is 0 Å². The molecule has 0 saturated heterocycles. The maximum atomic E-state index is 12.8. The van der Waals surface area contributed by atoms with E-state index in [1.807, 2.05) is 44.2 Å². The molecule has 3 aromatic rings. The molecule has 150 valence electrons. The zero-order valence-electron chi connectivity index (χ0n) is 16.1. The van der Waals surface area contributed by atoms with Crippen LogP contribution >= 0.6 is 11.6 Å². The van der Waals surface area contributed by atoms with Crippen LogP contribution in [0, 0.1) is 6.92 Å². The number of hydrogen-bond acceptors (Lipinski definition) is 3. The molecule has 0 aliphatic carbocycles. The first kappa shape index (κ1) is 20.9. The Morgan fingerprint density at radius 1 is 0.966 bits per heavy atom. The summed E-state index contributed by atoms with van der Waals surface area (Å²) in [6.45, 7) is 3.91. The van der Waals surface area contributed by atoms with E-state index in [1.54, 1.807) is 18.2 Å². The van der Waals surface area contributed by atoms with Gasteiger partial charge in [-0.3, -0.25) is 9.52 Å². The number of sulfonamides is 1. The largest absolute Gasteiger partial charge is 0.322 e. The molecule has 1 amide bonds. The van der Waals surface area contributed by atoms with Gasteiger partial charge in [0.05, 0.1) is 5.02 Å². The summed E-state index contributed by atoms with van der Waals surface area (Å²) in [5.41, 5.74) is 3.32. The van der Waals surface area contributed by atoms with Crippen LogP contribution in [0.4, 0.5) is 11.4 Å². The smallest absolute Gasteiger partial charge is 0.263 e. The highest BCUT2D eigenvalue weighted by molar-refractivity contribution is 7.92. The Labute approximate surface area is 175 Å². The minimum Gasteiger partial charge on any atom is -0.322 e. The molecule has 2 N–H and O–H groups in total. The number of aryl methyl sites for hydroxylation is 2. The zero-order chi connectivity index (χ0) is 21.0. The molecule has 0 atom stereocenters.